The summed E-state index contributed by atoms with van der Waals surface area (Å²) in [6, 6.07) is 1.02. The zero-order valence-corrected chi connectivity index (χ0v) is 9.61. The third kappa shape index (κ3) is 1.64. The van der Waals surface area contributed by atoms with E-state index in [9.17, 15) is 0 Å². The number of rotatable bonds is 1. The maximum atomic E-state index is 4.39. The molecule has 1 saturated carbocycles. The fourth-order valence-electron chi connectivity index (χ4n) is 2.93. The molecule has 0 aromatic rings. The van der Waals surface area contributed by atoms with Crippen LogP contribution in [0, 0.1) is 11.8 Å². The molecule has 0 bridgehead atoms. The van der Waals surface area contributed by atoms with Gasteiger partial charge in [0, 0.05) is 24.7 Å². The number of aliphatic imine (C=N–C) groups is 1. The van der Waals surface area contributed by atoms with Gasteiger partial charge >= 0.3 is 0 Å². The van der Waals surface area contributed by atoms with Crippen molar-refractivity contribution in [3.05, 3.63) is 0 Å². The molecule has 4 atom stereocenters. The smallest absolute Gasteiger partial charge is 0.191 e. The van der Waals surface area contributed by atoms with E-state index < -0.39 is 0 Å². The van der Waals surface area contributed by atoms with Gasteiger partial charge in [-0.05, 0) is 18.8 Å². The molecule has 16 heavy (non-hydrogen) atoms. The Morgan fingerprint density at radius 2 is 2.38 bits per heavy atom. The number of guanidine groups is 1. The van der Waals surface area contributed by atoms with Gasteiger partial charge in [-0.1, -0.05) is 6.92 Å². The fraction of sp³-hybridized carbons (Fsp3) is 0.818. The van der Waals surface area contributed by atoms with Crippen LogP contribution in [0.5, 0.6) is 0 Å². The van der Waals surface area contributed by atoms with Gasteiger partial charge in [0.05, 0.1) is 12.6 Å². The highest BCUT2D eigenvalue weighted by Crippen LogP contribution is 2.30. The zero-order chi connectivity index (χ0) is 11.0. The minimum absolute atomic E-state index is 0.508. The first kappa shape index (κ1) is 9.93. The third-order valence-corrected chi connectivity index (χ3v) is 3.96. The van der Waals surface area contributed by atoms with E-state index in [1.165, 1.54) is 12.8 Å². The molecule has 4 unspecified atom stereocenters. The second-order valence-corrected chi connectivity index (χ2v) is 4.94. The number of fused-ring (bicyclic) bond motifs is 1. The van der Waals surface area contributed by atoms with Gasteiger partial charge in [-0.2, -0.15) is 5.10 Å². The number of hydrazone groups is 1. The van der Waals surface area contributed by atoms with E-state index in [0.29, 0.717) is 23.9 Å². The predicted molar refractivity (Wildman–Crippen MR) is 64.5 cm³/mol. The zero-order valence-electron chi connectivity index (χ0n) is 9.61. The highest BCUT2D eigenvalue weighted by atomic mass is 15.3. The van der Waals surface area contributed by atoms with Crippen LogP contribution in [0.3, 0.4) is 0 Å². The minimum atomic E-state index is 0.508. The molecule has 3 aliphatic rings. The van der Waals surface area contributed by atoms with Gasteiger partial charge in [0.2, 0.25) is 0 Å². The Morgan fingerprint density at radius 1 is 1.44 bits per heavy atom. The molecule has 0 spiro atoms. The normalized spacial score (nSPS) is 40.9. The number of nitrogens with one attached hydrogen (secondary N) is 3. The number of hydrogen-bond donors (Lipinski definition) is 3. The maximum absolute atomic E-state index is 4.39. The Balaban J connectivity index is 1.63. The van der Waals surface area contributed by atoms with Crippen LogP contribution >= 0.6 is 0 Å². The predicted octanol–water partition coefficient (Wildman–Crippen LogP) is -0.0925. The lowest BCUT2D eigenvalue weighted by molar-refractivity contribution is 0.218. The van der Waals surface area contributed by atoms with E-state index in [-0.39, 0.29) is 0 Å². The van der Waals surface area contributed by atoms with Crippen molar-refractivity contribution in [3.8, 4) is 0 Å². The highest BCUT2D eigenvalue weighted by molar-refractivity contribution is 5.81. The summed E-state index contributed by atoms with van der Waals surface area (Å²) in [7, 11) is 0. The second kappa shape index (κ2) is 3.96. The minimum Gasteiger partial charge on any atom is -0.355 e. The molecule has 0 amide bonds. The van der Waals surface area contributed by atoms with Crippen molar-refractivity contribution in [2.24, 2.45) is 21.9 Å². The molecule has 1 fully saturated rings. The summed E-state index contributed by atoms with van der Waals surface area (Å²) in [5.74, 6) is 2.20. The lowest BCUT2D eigenvalue weighted by Crippen LogP contribution is -2.53. The Hall–Kier alpha value is -1.26. The molecule has 5 heteroatoms. The van der Waals surface area contributed by atoms with Gasteiger partial charge in [-0.15, -0.1) is 0 Å². The van der Waals surface area contributed by atoms with Crippen molar-refractivity contribution in [1.82, 2.24) is 16.1 Å². The van der Waals surface area contributed by atoms with E-state index in [1.807, 2.05) is 0 Å². The largest absolute Gasteiger partial charge is 0.355 e. The average Bonchev–Trinajstić information content (AvgIpc) is 2.93. The lowest BCUT2D eigenvalue weighted by Gasteiger charge is -2.37. The van der Waals surface area contributed by atoms with Crippen LogP contribution in [0.15, 0.2) is 10.1 Å². The Bertz CT molecular complexity index is 324. The summed E-state index contributed by atoms with van der Waals surface area (Å²) in [5.41, 5.74) is 3.23. The van der Waals surface area contributed by atoms with Crippen LogP contribution in [0.2, 0.25) is 0 Å². The highest BCUT2D eigenvalue weighted by Gasteiger charge is 2.38. The fourth-order valence-corrected chi connectivity index (χ4v) is 2.93. The summed E-state index contributed by atoms with van der Waals surface area (Å²) in [6.45, 7) is 4.17. The van der Waals surface area contributed by atoms with Gasteiger partial charge in [-0.3, -0.25) is 4.99 Å². The lowest BCUT2D eigenvalue weighted by atomic mass is 9.76. The number of hydrogen-bond acceptors (Lipinski definition) is 5. The van der Waals surface area contributed by atoms with Crippen LogP contribution in [0.1, 0.15) is 19.8 Å². The first-order chi connectivity index (χ1) is 7.84. The second-order valence-electron chi connectivity index (χ2n) is 4.94. The molecule has 2 aliphatic heterocycles. The van der Waals surface area contributed by atoms with E-state index in [4.69, 9.17) is 0 Å². The summed E-state index contributed by atoms with van der Waals surface area (Å²) in [5, 5.41) is 11.0. The molecule has 88 valence electrons. The molecule has 1 aliphatic carbocycles. The standard InChI is InChI=1S/C11H19N5/c1-7-9(15-11-12-4-5-13-11)3-2-8-6-14-16-10(7)8/h6-10,16H,2-5H2,1H3,(H2,12,13,15). The SMILES string of the molecule is CC1C(NC2=NCCN2)CCC2C=NNC21. The molecular weight excluding hydrogens is 202 g/mol. The van der Waals surface area contributed by atoms with Crippen LogP contribution in [0.25, 0.3) is 0 Å². The van der Waals surface area contributed by atoms with Gasteiger partial charge in [0.25, 0.3) is 0 Å². The van der Waals surface area contributed by atoms with E-state index >= 15 is 0 Å². The Morgan fingerprint density at radius 3 is 3.19 bits per heavy atom. The van der Waals surface area contributed by atoms with Crippen LogP contribution in [0.4, 0.5) is 0 Å². The molecule has 0 aromatic carbocycles. The average molecular weight is 221 g/mol. The molecule has 0 aromatic heterocycles. The van der Waals surface area contributed by atoms with Crippen molar-refractivity contribution in [1.29, 1.82) is 0 Å². The van der Waals surface area contributed by atoms with Crippen LogP contribution in [-0.2, 0) is 0 Å². The van der Waals surface area contributed by atoms with Crippen LogP contribution < -0.4 is 16.1 Å². The van der Waals surface area contributed by atoms with Gasteiger partial charge in [-0.25, -0.2) is 0 Å². The first-order valence-corrected chi connectivity index (χ1v) is 6.18. The molecule has 0 saturated heterocycles. The molecule has 3 N–H and O–H groups in total. The summed E-state index contributed by atoms with van der Waals surface area (Å²) < 4.78 is 0. The van der Waals surface area contributed by atoms with E-state index in [2.05, 4.69) is 39.3 Å². The van der Waals surface area contributed by atoms with E-state index in [1.54, 1.807) is 0 Å². The summed E-state index contributed by atoms with van der Waals surface area (Å²) in [6.07, 6.45) is 4.50. The Kier molecular flexibility index (Phi) is 2.46. The van der Waals surface area contributed by atoms with Crippen molar-refractivity contribution in [3.63, 3.8) is 0 Å². The summed E-state index contributed by atoms with van der Waals surface area (Å²) >= 11 is 0. The summed E-state index contributed by atoms with van der Waals surface area (Å²) in [4.78, 5) is 4.39. The maximum Gasteiger partial charge on any atom is 0.191 e. The van der Waals surface area contributed by atoms with Gasteiger partial charge < -0.3 is 16.1 Å². The van der Waals surface area contributed by atoms with Crippen molar-refractivity contribution in [2.75, 3.05) is 13.1 Å². The monoisotopic (exact) mass is 221 g/mol. The van der Waals surface area contributed by atoms with Gasteiger partial charge in [0.1, 0.15) is 0 Å². The van der Waals surface area contributed by atoms with Crippen molar-refractivity contribution >= 4 is 12.2 Å². The quantitative estimate of drug-likeness (QED) is 0.580. The number of nitrogens with zero attached hydrogens (tertiary/aromatic N) is 2. The first-order valence-electron chi connectivity index (χ1n) is 6.18. The third-order valence-electron chi connectivity index (χ3n) is 3.96. The molecule has 3 rings (SSSR count). The topological polar surface area (TPSA) is 60.8 Å². The van der Waals surface area contributed by atoms with E-state index in [0.717, 1.165) is 19.0 Å². The molecule has 0 radical (unpaired) electrons. The van der Waals surface area contributed by atoms with Gasteiger partial charge in [0.15, 0.2) is 5.96 Å². The molecule has 5 nitrogen and oxygen atoms in total. The van der Waals surface area contributed by atoms with Crippen molar-refractivity contribution < 1.29 is 0 Å². The Labute approximate surface area is 95.8 Å². The van der Waals surface area contributed by atoms with Crippen molar-refractivity contribution in [2.45, 2.75) is 31.8 Å². The van der Waals surface area contributed by atoms with Crippen LogP contribution in [-0.4, -0.2) is 37.3 Å². The molecular formula is C11H19N5. The molecule has 2 heterocycles.